The van der Waals surface area contributed by atoms with Crippen molar-refractivity contribution in [3.8, 4) is 0 Å². The molecule has 0 spiro atoms. The highest BCUT2D eigenvalue weighted by Crippen LogP contribution is 2.61. The number of hydrogen-bond donors (Lipinski definition) is 1. The largest absolute Gasteiger partial charge is 0.355 e. The van der Waals surface area contributed by atoms with Crippen LogP contribution >= 0.6 is 0 Å². The second-order valence-electron chi connectivity index (χ2n) is 9.66. The van der Waals surface area contributed by atoms with Crippen LogP contribution in [-0.2, 0) is 6.54 Å². The lowest BCUT2D eigenvalue weighted by Crippen LogP contribution is -2.48. The van der Waals surface area contributed by atoms with Crippen molar-refractivity contribution < 1.29 is 4.79 Å². The molecule has 1 N–H and O–H groups in total. The fourth-order valence-electron chi connectivity index (χ4n) is 6.67. The number of carbonyl (C=O) groups is 1. The number of amides is 1. The first kappa shape index (κ1) is 18.0. The molecule has 3 nitrogen and oxygen atoms in total. The molecule has 3 heteroatoms. The van der Waals surface area contributed by atoms with Gasteiger partial charge in [-0.25, -0.2) is 0 Å². The summed E-state index contributed by atoms with van der Waals surface area (Å²) in [6.45, 7) is 3.37. The van der Waals surface area contributed by atoms with Crippen molar-refractivity contribution in [3.63, 3.8) is 0 Å². The average molecular weight is 355 g/mol. The SMILES string of the molecule is CNC(=O)c1ccc(CN(C)C(C)CC23CC4CC(CC(C4)C2)C3)cc1. The summed E-state index contributed by atoms with van der Waals surface area (Å²) in [6.07, 6.45) is 10.4. The Morgan fingerprint density at radius 1 is 1.12 bits per heavy atom. The van der Waals surface area contributed by atoms with Crippen LogP contribution in [0.15, 0.2) is 24.3 Å². The topological polar surface area (TPSA) is 32.3 Å². The van der Waals surface area contributed by atoms with Crippen LogP contribution in [0.4, 0.5) is 0 Å². The van der Waals surface area contributed by atoms with Gasteiger partial charge in [-0.3, -0.25) is 9.69 Å². The maximum absolute atomic E-state index is 11.7. The highest BCUT2D eigenvalue weighted by Gasteiger charge is 2.51. The molecule has 4 aliphatic carbocycles. The second-order valence-corrected chi connectivity index (χ2v) is 9.66. The first-order valence-electron chi connectivity index (χ1n) is 10.5. The first-order chi connectivity index (χ1) is 12.5. The van der Waals surface area contributed by atoms with Crippen LogP contribution in [0.2, 0.25) is 0 Å². The van der Waals surface area contributed by atoms with E-state index in [4.69, 9.17) is 0 Å². The zero-order valence-corrected chi connectivity index (χ0v) is 16.6. The number of benzene rings is 1. The molecule has 4 bridgehead atoms. The van der Waals surface area contributed by atoms with Crippen LogP contribution < -0.4 is 5.32 Å². The van der Waals surface area contributed by atoms with Gasteiger partial charge in [0.05, 0.1) is 0 Å². The van der Waals surface area contributed by atoms with Gasteiger partial charge in [0.15, 0.2) is 0 Å². The third kappa shape index (κ3) is 3.55. The highest BCUT2D eigenvalue weighted by atomic mass is 16.1. The van der Waals surface area contributed by atoms with Gasteiger partial charge in [-0.1, -0.05) is 12.1 Å². The van der Waals surface area contributed by atoms with Gasteiger partial charge in [0.1, 0.15) is 0 Å². The lowest BCUT2D eigenvalue weighted by atomic mass is 9.48. The molecule has 4 fully saturated rings. The highest BCUT2D eigenvalue weighted by molar-refractivity contribution is 5.93. The molecule has 0 heterocycles. The van der Waals surface area contributed by atoms with Gasteiger partial charge in [-0.2, -0.15) is 0 Å². The summed E-state index contributed by atoms with van der Waals surface area (Å²) in [5, 5.41) is 2.68. The molecule has 142 valence electrons. The van der Waals surface area contributed by atoms with Gasteiger partial charge in [-0.05, 0) is 99.8 Å². The molecule has 0 aromatic heterocycles. The van der Waals surface area contributed by atoms with E-state index >= 15 is 0 Å². The van der Waals surface area contributed by atoms with E-state index in [1.54, 1.807) is 7.05 Å². The first-order valence-corrected chi connectivity index (χ1v) is 10.5. The lowest BCUT2D eigenvalue weighted by molar-refractivity contribution is -0.0675. The molecule has 0 saturated heterocycles. The standard InChI is InChI=1S/C23H34N2O/c1-16(11-23-12-18-8-19(13-23)10-20(9-18)14-23)25(3)15-17-4-6-21(7-5-17)22(26)24-2/h4-7,16,18-20H,8-15H2,1-3H3,(H,24,26). The van der Waals surface area contributed by atoms with Gasteiger partial charge in [0.2, 0.25) is 0 Å². The molecule has 0 aliphatic heterocycles. The van der Waals surface area contributed by atoms with Crippen LogP contribution in [0.25, 0.3) is 0 Å². The number of nitrogens with zero attached hydrogens (tertiary/aromatic N) is 1. The van der Waals surface area contributed by atoms with Crippen LogP contribution in [0.5, 0.6) is 0 Å². The summed E-state index contributed by atoms with van der Waals surface area (Å²) in [4.78, 5) is 14.2. The Hall–Kier alpha value is -1.35. The van der Waals surface area contributed by atoms with Crippen LogP contribution in [0.1, 0.15) is 67.8 Å². The van der Waals surface area contributed by atoms with Crippen LogP contribution in [0, 0.1) is 23.2 Å². The van der Waals surface area contributed by atoms with Crippen LogP contribution in [-0.4, -0.2) is 30.9 Å². The maximum Gasteiger partial charge on any atom is 0.251 e. The van der Waals surface area contributed by atoms with E-state index in [1.165, 1.54) is 50.5 Å². The summed E-state index contributed by atoms with van der Waals surface area (Å²) < 4.78 is 0. The maximum atomic E-state index is 11.7. The number of nitrogens with one attached hydrogen (secondary N) is 1. The fourth-order valence-corrected chi connectivity index (χ4v) is 6.67. The van der Waals surface area contributed by atoms with Gasteiger partial charge in [0.25, 0.3) is 5.91 Å². The zero-order chi connectivity index (χ0) is 18.3. The van der Waals surface area contributed by atoms with Gasteiger partial charge in [0, 0.05) is 25.2 Å². The van der Waals surface area contributed by atoms with Crippen LogP contribution in [0.3, 0.4) is 0 Å². The van der Waals surface area contributed by atoms with E-state index in [9.17, 15) is 4.79 Å². The van der Waals surface area contributed by atoms with Crippen molar-refractivity contribution in [2.24, 2.45) is 23.2 Å². The molecule has 1 amide bonds. The van der Waals surface area contributed by atoms with Crippen molar-refractivity contribution in [2.45, 2.75) is 64.5 Å². The van der Waals surface area contributed by atoms with E-state index in [0.717, 1.165) is 29.9 Å². The minimum Gasteiger partial charge on any atom is -0.355 e. The molecule has 5 rings (SSSR count). The molecule has 26 heavy (non-hydrogen) atoms. The smallest absolute Gasteiger partial charge is 0.251 e. The predicted octanol–water partition coefficient (Wildman–Crippen LogP) is 4.47. The average Bonchev–Trinajstić information content (AvgIpc) is 2.60. The Bertz CT molecular complexity index is 615. The van der Waals surface area contributed by atoms with Gasteiger partial charge in [-0.15, -0.1) is 0 Å². The van der Waals surface area contributed by atoms with Crippen molar-refractivity contribution in [1.82, 2.24) is 10.2 Å². The Balaban J connectivity index is 1.36. The third-order valence-corrected chi connectivity index (χ3v) is 7.52. The molecule has 1 aromatic carbocycles. The molecular weight excluding hydrogens is 320 g/mol. The molecule has 0 radical (unpaired) electrons. The predicted molar refractivity (Wildman–Crippen MR) is 106 cm³/mol. The molecular formula is C23H34N2O. The lowest BCUT2D eigenvalue weighted by Gasteiger charge is -2.58. The number of carbonyl (C=O) groups excluding carboxylic acids is 1. The van der Waals surface area contributed by atoms with E-state index < -0.39 is 0 Å². The van der Waals surface area contributed by atoms with E-state index in [2.05, 4.69) is 36.3 Å². The molecule has 1 aromatic rings. The van der Waals surface area contributed by atoms with Crippen molar-refractivity contribution in [2.75, 3.05) is 14.1 Å². The Morgan fingerprint density at radius 3 is 2.15 bits per heavy atom. The van der Waals surface area contributed by atoms with E-state index in [-0.39, 0.29) is 5.91 Å². The zero-order valence-electron chi connectivity index (χ0n) is 16.6. The summed E-state index contributed by atoms with van der Waals surface area (Å²) in [6, 6.07) is 8.68. The second kappa shape index (κ2) is 6.99. The Morgan fingerprint density at radius 2 is 1.65 bits per heavy atom. The minimum absolute atomic E-state index is 0.0138. The summed E-state index contributed by atoms with van der Waals surface area (Å²) in [5.41, 5.74) is 2.67. The minimum atomic E-state index is -0.0138. The monoisotopic (exact) mass is 354 g/mol. The molecule has 4 aliphatic rings. The van der Waals surface area contributed by atoms with E-state index in [1.807, 2.05) is 12.1 Å². The van der Waals surface area contributed by atoms with Crippen molar-refractivity contribution in [3.05, 3.63) is 35.4 Å². The quantitative estimate of drug-likeness (QED) is 0.817. The van der Waals surface area contributed by atoms with Gasteiger partial charge >= 0.3 is 0 Å². The Kier molecular flexibility index (Phi) is 4.85. The molecule has 1 unspecified atom stereocenters. The van der Waals surface area contributed by atoms with Crippen molar-refractivity contribution >= 4 is 5.91 Å². The Labute approximate surface area is 158 Å². The number of rotatable bonds is 6. The summed E-state index contributed by atoms with van der Waals surface area (Å²) >= 11 is 0. The van der Waals surface area contributed by atoms with Crippen molar-refractivity contribution in [1.29, 1.82) is 0 Å². The summed E-state index contributed by atoms with van der Waals surface area (Å²) in [5.74, 6) is 3.10. The normalized spacial score (nSPS) is 33.5. The molecule has 1 atom stereocenters. The molecule has 4 saturated carbocycles. The number of hydrogen-bond acceptors (Lipinski definition) is 2. The fraction of sp³-hybridized carbons (Fsp3) is 0.696. The third-order valence-electron chi connectivity index (χ3n) is 7.52. The summed E-state index contributed by atoms with van der Waals surface area (Å²) in [7, 11) is 3.94. The van der Waals surface area contributed by atoms with E-state index in [0.29, 0.717) is 11.5 Å². The van der Waals surface area contributed by atoms with Gasteiger partial charge < -0.3 is 5.32 Å².